The molecule has 0 unspecified atom stereocenters. The Kier molecular flexibility index (Phi) is 5.00. The third-order valence-electron chi connectivity index (χ3n) is 3.56. The Bertz CT molecular complexity index is 764. The molecule has 0 bridgehead atoms. The Morgan fingerprint density at radius 1 is 1.16 bits per heavy atom. The lowest BCUT2D eigenvalue weighted by atomic mass is 10.3. The van der Waals surface area contributed by atoms with Gasteiger partial charge in [-0.25, -0.2) is 14.8 Å². The van der Waals surface area contributed by atoms with E-state index in [2.05, 4.69) is 20.6 Å². The molecule has 1 aromatic carbocycles. The lowest BCUT2D eigenvalue weighted by Gasteiger charge is -2.27. The van der Waals surface area contributed by atoms with Crippen LogP contribution in [0.2, 0.25) is 0 Å². The van der Waals surface area contributed by atoms with Crippen molar-refractivity contribution in [3.63, 3.8) is 0 Å². The van der Waals surface area contributed by atoms with E-state index in [1.807, 2.05) is 6.07 Å². The summed E-state index contributed by atoms with van der Waals surface area (Å²) in [5, 5.41) is 16.5. The minimum atomic E-state index is -0.624. The molecule has 2 N–H and O–H groups in total. The monoisotopic (exact) mass is 344 g/mol. The zero-order valence-electron chi connectivity index (χ0n) is 13.2. The summed E-state index contributed by atoms with van der Waals surface area (Å²) >= 11 is 0. The van der Waals surface area contributed by atoms with Gasteiger partial charge in [-0.2, -0.15) is 0 Å². The fourth-order valence-electron chi connectivity index (χ4n) is 2.43. The van der Waals surface area contributed by atoms with E-state index in [-0.39, 0.29) is 17.3 Å². The molecule has 2 amide bonds. The number of aromatic nitrogens is 2. The third-order valence-corrected chi connectivity index (χ3v) is 3.56. The van der Waals surface area contributed by atoms with Gasteiger partial charge in [-0.1, -0.05) is 18.2 Å². The molecule has 25 heavy (non-hydrogen) atoms. The van der Waals surface area contributed by atoms with Gasteiger partial charge in [0.15, 0.2) is 0 Å². The van der Waals surface area contributed by atoms with Crippen LogP contribution in [0.25, 0.3) is 0 Å². The highest BCUT2D eigenvalue weighted by Crippen LogP contribution is 2.32. The number of benzene rings is 1. The summed E-state index contributed by atoms with van der Waals surface area (Å²) < 4.78 is 5.25. The highest BCUT2D eigenvalue weighted by atomic mass is 16.6. The van der Waals surface area contributed by atoms with Crippen LogP contribution in [-0.4, -0.2) is 47.2 Å². The van der Waals surface area contributed by atoms with Crippen LogP contribution >= 0.6 is 0 Å². The van der Waals surface area contributed by atoms with Gasteiger partial charge in [-0.3, -0.25) is 15.4 Å². The second-order valence-corrected chi connectivity index (χ2v) is 5.20. The topological polar surface area (TPSA) is 123 Å². The number of hydrogen-bond donors (Lipinski definition) is 2. The quantitative estimate of drug-likeness (QED) is 0.641. The van der Waals surface area contributed by atoms with Crippen molar-refractivity contribution in [1.82, 2.24) is 9.97 Å². The van der Waals surface area contributed by atoms with Crippen LogP contribution in [0.1, 0.15) is 0 Å². The van der Waals surface area contributed by atoms with Crippen LogP contribution in [0.4, 0.5) is 27.8 Å². The van der Waals surface area contributed by atoms with Crippen LogP contribution in [0.15, 0.2) is 36.7 Å². The van der Waals surface area contributed by atoms with Gasteiger partial charge < -0.3 is 15.0 Å². The Morgan fingerprint density at radius 2 is 1.88 bits per heavy atom. The van der Waals surface area contributed by atoms with E-state index >= 15 is 0 Å². The summed E-state index contributed by atoms with van der Waals surface area (Å²) in [6, 6.07) is 8.12. The lowest BCUT2D eigenvalue weighted by molar-refractivity contribution is -0.383. The molecule has 2 aromatic rings. The minimum absolute atomic E-state index is 0.157. The van der Waals surface area contributed by atoms with Crippen molar-refractivity contribution in [3.05, 3.63) is 46.8 Å². The second kappa shape index (κ2) is 7.53. The maximum Gasteiger partial charge on any atom is 0.353 e. The second-order valence-electron chi connectivity index (χ2n) is 5.20. The molecular weight excluding hydrogens is 328 g/mol. The van der Waals surface area contributed by atoms with Crippen molar-refractivity contribution in [2.75, 3.05) is 41.8 Å². The summed E-state index contributed by atoms with van der Waals surface area (Å²) in [6.45, 7) is 1.87. The molecule has 1 saturated heterocycles. The van der Waals surface area contributed by atoms with Crippen LogP contribution in [0, 0.1) is 10.1 Å². The Balaban J connectivity index is 1.82. The molecule has 10 heteroatoms. The van der Waals surface area contributed by atoms with Gasteiger partial charge in [0.05, 0.1) is 18.1 Å². The highest BCUT2D eigenvalue weighted by molar-refractivity contribution is 6.01. The predicted octanol–water partition coefficient (Wildman–Crippen LogP) is 1.87. The van der Waals surface area contributed by atoms with Crippen molar-refractivity contribution >= 4 is 29.0 Å². The molecule has 0 saturated carbocycles. The molecule has 2 heterocycles. The molecule has 1 fully saturated rings. The number of rotatable bonds is 4. The molecule has 0 radical (unpaired) electrons. The van der Waals surface area contributed by atoms with E-state index < -0.39 is 11.0 Å². The van der Waals surface area contributed by atoms with Crippen molar-refractivity contribution in [2.45, 2.75) is 0 Å². The molecule has 1 aliphatic rings. The van der Waals surface area contributed by atoms with Crippen molar-refractivity contribution in [2.24, 2.45) is 0 Å². The van der Waals surface area contributed by atoms with Gasteiger partial charge in [-0.05, 0) is 12.1 Å². The number of para-hydroxylation sites is 1. The van der Waals surface area contributed by atoms with Crippen LogP contribution < -0.4 is 15.5 Å². The van der Waals surface area contributed by atoms with Gasteiger partial charge in [0.25, 0.3) is 0 Å². The van der Waals surface area contributed by atoms with E-state index in [4.69, 9.17) is 4.74 Å². The first-order valence-electron chi connectivity index (χ1n) is 7.60. The van der Waals surface area contributed by atoms with Crippen molar-refractivity contribution in [1.29, 1.82) is 0 Å². The molecular formula is C15H16N6O4. The maximum absolute atomic E-state index is 12.1. The smallest absolute Gasteiger partial charge is 0.353 e. The Hall–Kier alpha value is -3.27. The standard InChI is InChI=1S/C15H16N6O4/c22-15(18-11-4-2-1-3-5-11)19-13-12(21(23)24)14(17-10-16-13)20-6-8-25-9-7-20/h1-5,10H,6-9H2,(H2,16,17,18,19,22). The summed E-state index contributed by atoms with van der Waals surface area (Å²) in [5.41, 5.74) is 0.220. The fraction of sp³-hybridized carbons (Fsp3) is 0.267. The van der Waals surface area contributed by atoms with Gasteiger partial charge in [0.2, 0.25) is 11.6 Å². The molecule has 0 aliphatic carbocycles. The zero-order chi connectivity index (χ0) is 17.6. The van der Waals surface area contributed by atoms with Gasteiger partial charge in [0.1, 0.15) is 6.33 Å². The number of carbonyl (C=O) groups excluding carboxylic acids is 1. The van der Waals surface area contributed by atoms with Crippen molar-refractivity contribution < 1.29 is 14.5 Å². The number of ether oxygens (including phenoxy) is 1. The Labute approximate surface area is 143 Å². The first-order chi connectivity index (χ1) is 12.1. The number of anilines is 3. The number of nitrogens with one attached hydrogen (secondary N) is 2. The SMILES string of the molecule is O=C(Nc1ccccc1)Nc1ncnc(N2CCOCC2)c1[N+](=O)[O-]. The van der Waals surface area contributed by atoms with Crippen LogP contribution in [0.5, 0.6) is 0 Å². The maximum atomic E-state index is 12.1. The van der Waals surface area contributed by atoms with E-state index in [9.17, 15) is 14.9 Å². The number of urea groups is 1. The van der Waals surface area contributed by atoms with Gasteiger partial charge in [-0.15, -0.1) is 0 Å². The number of nitrogens with zero attached hydrogens (tertiary/aromatic N) is 4. The molecule has 130 valence electrons. The Morgan fingerprint density at radius 3 is 2.56 bits per heavy atom. The minimum Gasteiger partial charge on any atom is -0.378 e. The van der Waals surface area contributed by atoms with Gasteiger partial charge >= 0.3 is 11.7 Å². The van der Waals surface area contributed by atoms with Crippen molar-refractivity contribution in [3.8, 4) is 0 Å². The molecule has 1 aromatic heterocycles. The largest absolute Gasteiger partial charge is 0.378 e. The predicted molar refractivity (Wildman–Crippen MR) is 90.8 cm³/mol. The zero-order valence-corrected chi connectivity index (χ0v) is 13.2. The highest BCUT2D eigenvalue weighted by Gasteiger charge is 2.28. The van der Waals surface area contributed by atoms with Crippen LogP contribution in [-0.2, 0) is 4.74 Å². The number of carbonyl (C=O) groups is 1. The first-order valence-corrected chi connectivity index (χ1v) is 7.60. The molecule has 0 atom stereocenters. The summed E-state index contributed by atoms with van der Waals surface area (Å²) in [6.07, 6.45) is 1.19. The first kappa shape index (κ1) is 16.6. The third kappa shape index (κ3) is 3.98. The van der Waals surface area contributed by atoms with E-state index in [1.165, 1.54) is 6.33 Å². The average Bonchev–Trinajstić information content (AvgIpc) is 2.63. The average molecular weight is 344 g/mol. The molecule has 0 spiro atoms. The summed E-state index contributed by atoms with van der Waals surface area (Å²) in [4.78, 5) is 32.6. The van der Waals surface area contributed by atoms with Crippen LogP contribution in [0.3, 0.4) is 0 Å². The number of nitro groups is 1. The van der Waals surface area contributed by atoms with E-state index in [1.54, 1.807) is 29.2 Å². The molecule has 1 aliphatic heterocycles. The lowest BCUT2D eigenvalue weighted by Crippen LogP contribution is -2.37. The summed E-state index contributed by atoms with van der Waals surface area (Å²) in [7, 11) is 0. The number of hydrogen-bond acceptors (Lipinski definition) is 7. The van der Waals surface area contributed by atoms with E-state index in [0.717, 1.165) is 0 Å². The molecule has 10 nitrogen and oxygen atoms in total. The summed E-state index contributed by atoms with van der Waals surface area (Å²) in [5.74, 6) is 0.00762. The number of amides is 2. The fourth-order valence-corrected chi connectivity index (χ4v) is 2.43. The number of morpholine rings is 1. The van der Waals surface area contributed by atoms with Gasteiger partial charge in [0, 0.05) is 18.8 Å². The molecule has 3 rings (SSSR count). The van der Waals surface area contributed by atoms with E-state index in [0.29, 0.717) is 32.0 Å². The normalized spacial score (nSPS) is 14.0.